The van der Waals surface area contributed by atoms with Crippen LogP contribution in [0.15, 0.2) is 0 Å². The molecular formula is C7H14INO2. The van der Waals surface area contributed by atoms with Crippen molar-refractivity contribution in [1.29, 1.82) is 0 Å². The minimum absolute atomic E-state index is 0.230. The highest BCUT2D eigenvalue weighted by atomic mass is 127. The molecule has 4 heteroatoms. The third-order valence-corrected chi connectivity index (χ3v) is 2.97. The van der Waals surface area contributed by atoms with Crippen LogP contribution < -0.4 is 3.53 Å². The van der Waals surface area contributed by atoms with Gasteiger partial charge in [-0.3, -0.25) is 3.53 Å². The molecule has 2 N–H and O–H groups in total. The lowest BCUT2D eigenvalue weighted by Crippen LogP contribution is -2.36. The van der Waals surface area contributed by atoms with E-state index in [4.69, 9.17) is 9.84 Å². The van der Waals surface area contributed by atoms with Crippen LogP contribution in [0, 0.1) is 5.92 Å². The molecule has 0 spiro atoms. The summed E-state index contributed by atoms with van der Waals surface area (Å²) in [5, 5.41) is 8.97. The molecule has 1 fully saturated rings. The van der Waals surface area contributed by atoms with Crippen molar-refractivity contribution in [2.24, 2.45) is 5.92 Å². The molecule has 0 aromatic heterocycles. The first-order valence-electron chi connectivity index (χ1n) is 3.93. The van der Waals surface area contributed by atoms with Gasteiger partial charge >= 0.3 is 0 Å². The van der Waals surface area contributed by atoms with E-state index >= 15 is 0 Å². The van der Waals surface area contributed by atoms with Gasteiger partial charge in [0.05, 0.1) is 6.61 Å². The van der Waals surface area contributed by atoms with Gasteiger partial charge in [0.15, 0.2) is 0 Å². The SMILES string of the molecule is OC[C@@H](NI)C1CCOCC1. The Morgan fingerprint density at radius 2 is 2.18 bits per heavy atom. The standard InChI is InChI=1S/C7H14INO2/c8-9-7(5-10)6-1-3-11-4-2-6/h6-7,9-10H,1-5H2/t7-/m1/s1. The number of halogens is 1. The first-order chi connectivity index (χ1) is 5.38. The van der Waals surface area contributed by atoms with Crippen molar-refractivity contribution in [3.63, 3.8) is 0 Å². The molecule has 0 aromatic carbocycles. The summed E-state index contributed by atoms with van der Waals surface area (Å²) in [6.45, 7) is 1.92. The molecule has 1 aliphatic rings. The van der Waals surface area contributed by atoms with Crippen molar-refractivity contribution < 1.29 is 9.84 Å². The largest absolute Gasteiger partial charge is 0.395 e. The van der Waals surface area contributed by atoms with Gasteiger partial charge in [0.2, 0.25) is 0 Å². The zero-order valence-electron chi connectivity index (χ0n) is 6.42. The second-order valence-corrected chi connectivity index (χ2v) is 3.47. The van der Waals surface area contributed by atoms with Gasteiger partial charge in [-0.1, -0.05) is 0 Å². The third kappa shape index (κ3) is 2.85. The lowest BCUT2D eigenvalue weighted by atomic mass is 9.93. The summed E-state index contributed by atoms with van der Waals surface area (Å²) in [7, 11) is 0. The second kappa shape index (κ2) is 5.29. The molecule has 1 rings (SSSR count). The molecule has 3 nitrogen and oxygen atoms in total. The minimum atomic E-state index is 0.230. The van der Waals surface area contributed by atoms with Crippen LogP contribution in [0.5, 0.6) is 0 Å². The minimum Gasteiger partial charge on any atom is -0.395 e. The third-order valence-electron chi connectivity index (χ3n) is 2.17. The average Bonchev–Trinajstić information content (AvgIpc) is 2.09. The highest BCUT2D eigenvalue weighted by Crippen LogP contribution is 2.18. The molecular weight excluding hydrogens is 257 g/mol. The maximum Gasteiger partial charge on any atom is 0.0595 e. The van der Waals surface area contributed by atoms with Crippen LogP contribution in [-0.4, -0.2) is 31.0 Å². The Morgan fingerprint density at radius 3 is 2.64 bits per heavy atom. The molecule has 0 radical (unpaired) electrons. The Labute approximate surface area is 81.0 Å². The fourth-order valence-corrected chi connectivity index (χ4v) is 2.10. The van der Waals surface area contributed by atoms with Crippen LogP contribution >= 0.6 is 22.9 Å². The van der Waals surface area contributed by atoms with E-state index in [-0.39, 0.29) is 12.6 Å². The second-order valence-electron chi connectivity index (χ2n) is 2.85. The van der Waals surface area contributed by atoms with Crippen molar-refractivity contribution in [1.82, 2.24) is 3.53 Å². The summed E-state index contributed by atoms with van der Waals surface area (Å²) in [4.78, 5) is 0. The Morgan fingerprint density at radius 1 is 1.55 bits per heavy atom. The van der Waals surface area contributed by atoms with E-state index in [1.165, 1.54) is 0 Å². The molecule has 0 unspecified atom stereocenters. The monoisotopic (exact) mass is 271 g/mol. The molecule has 0 amide bonds. The lowest BCUT2D eigenvalue weighted by molar-refractivity contribution is 0.0490. The Hall–Kier alpha value is 0.610. The van der Waals surface area contributed by atoms with Crippen molar-refractivity contribution in [2.75, 3.05) is 19.8 Å². The fourth-order valence-electron chi connectivity index (χ4n) is 1.39. The van der Waals surface area contributed by atoms with E-state index in [0.717, 1.165) is 26.1 Å². The number of aliphatic hydroxyl groups excluding tert-OH is 1. The Balaban J connectivity index is 2.30. The van der Waals surface area contributed by atoms with Crippen molar-refractivity contribution in [3.05, 3.63) is 0 Å². The van der Waals surface area contributed by atoms with Crippen molar-refractivity contribution in [3.8, 4) is 0 Å². The summed E-state index contributed by atoms with van der Waals surface area (Å²) in [5.41, 5.74) is 0. The van der Waals surface area contributed by atoms with Gasteiger partial charge in [-0.15, -0.1) is 0 Å². The fraction of sp³-hybridized carbons (Fsp3) is 1.00. The summed E-state index contributed by atoms with van der Waals surface area (Å²) >= 11 is 2.10. The highest BCUT2D eigenvalue weighted by molar-refractivity contribution is 14.1. The van der Waals surface area contributed by atoms with Crippen LogP contribution in [0.4, 0.5) is 0 Å². The quantitative estimate of drug-likeness (QED) is 0.587. The zero-order valence-corrected chi connectivity index (χ0v) is 8.58. The number of hydrogen-bond donors (Lipinski definition) is 2. The van der Waals surface area contributed by atoms with Crippen LogP contribution in [-0.2, 0) is 4.74 Å². The first kappa shape index (κ1) is 9.70. The molecule has 1 aliphatic heterocycles. The molecule has 0 saturated carbocycles. The summed E-state index contributed by atoms with van der Waals surface area (Å²) in [6, 6.07) is 0.250. The summed E-state index contributed by atoms with van der Waals surface area (Å²) < 4.78 is 8.31. The smallest absolute Gasteiger partial charge is 0.0595 e. The summed E-state index contributed by atoms with van der Waals surface area (Å²) in [5.74, 6) is 0.589. The van der Waals surface area contributed by atoms with Gasteiger partial charge < -0.3 is 9.84 Å². The van der Waals surface area contributed by atoms with Crippen LogP contribution in [0.25, 0.3) is 0 Å². The molecule has 66 valence electrons. The highest BCUT2D eigenvalue weighted by Gasteiger charge is 2.21. The first-order valence-corrected chi connectivity index (χ1v) is 5.01. The topological polar surface area (TPSA) is 41.5 Å². The van der Waals surface area contributed by atoms with Gasteiger partial charge in [-0.2, -0.15) is 0 Å². The van der Waals surface area contributed by atoms with E-state index in [0.29, 0.717) is 5.92 Å². The molecule has 0 aromatic rings. The molecule has 0 aliphatic carbocycles. The molecule has 11 heavy (non-hydrogen) atoms. The van der Waals surface area contributed by atoms with Gasteiger partial charge in [0.25, 0.3) is 0 Å². The van der Waals surface area contributed by atoms with Gasteiger partial charge in [0.1, 0.15) is 0 Å². The summed E-state index contributed by atoms with van der Waals surface area (Å²) in [6.07, 6.45) is 2.14. The van der Waals surface area contributed by atoms with Crippen molar-refractivity contribution in [2.45, 2.75) is 18.9 Å². The maximum atomic E-state index is 8.97. The molecule has 1 heterocycles. The average molecular weight is 271 g/mol. The number of rotatable bonds is 3. The van der Waals surface area contributed by atoms with Crippen LogP contribution in [0.3, 0.4) is 0 Å². The maximum absolute atomic E-state index is 8.97. The van der Waals surface area contributed by atoms with E-state index in [2.05, 4.69) is 26.4 Å². The van der Waals surface area contributed by atoms with E-state index in [1.54, 1.807) is 0 Å². The predicted octanol–water partition coefficient (Wildman–Crippen LogP) is 0.714. The van der Waals surface area contributed by atoms with Gasteiger partial charge in [-0.25, -0.2) is 0 Å². The van der Waals surface area contributed by atoms with E-state index in [9.17, 15) is 0 Å². The Kier molecular flexibility index (Phi) is 4.66. The van der Waals surface area contributed by atoms with Crippen LogP contribution in [0.2, 0.25) is 0 Å². The van der Waals surface area contributed by atoms with E-state index in [1.807, 2.05) is 0 Å². The van der Waals surface area contributed by atoms with Crippen molar-refractivity contribution >= 4 is 22.9 Å². The van der Waals surface area contributed by atoms with Gasteiger partial charge in [0, 0.05) is 42.1 Å². The number of aliphatic hydroxyl groups is 1. The number of hydrogen-bond acceptors (Lipinski definition) is 3. The normalized spacial score (nSPS) is 23.5. The predicted molar refractivity (Wildman–Crippen MR) is 51.6 cm³/mol. The van der Waals surface area contributed by atoms with E-state index < -0.39 is 0 Å². The molecule has 1 atom stereocenters. The number of nitrogens with one attached hydrogen (secondary N) is 1. The Bertz CT molecular complexity index is 103. The molecule has 0 bridgehead atoms. The molecule has 1 saturated heterocycles. The zero-order chi connectivity index (χ0) is 8.10. The van der Waals surface area contributed by atoms with Gasteiger partial charge in [-0.05, 0) is 18.8 Å². The lowest BCUT2D eigenvalue weighted by Gasteiger charge is -2.27. The van der Waals surface area contributed by atoms with Crippen LogP contribution in [0.1, 0.15) is 12.8 Å². The number of ether oxygens (including phenoxy) is 1.